The minimum Gasteiger partial charge on any atom is -0.330 e. The molecule has 3 nitrogen and oxygen atoms in total. The second-order valence-electron chi connectivity index (χ2n) is 3.68. The zero-order valence-corrected chi connectivity index (χ0v) is 9.54. The van der Waals surface area contributed by atoms with E-state index >= 15 is 0 Å². The molecule has 1 aromatic rings. The van der Waals surface area contributed by atoms with E-state index in [1.165, 1.54) is 0 Å². The van der Waals surface area contributed by atoms with Crippen molar-refractivity contribution in [1.29, 1.82) is 0 Å². The summed E-state index contributed by atoms with van der Waals surface area (Å²) in [7, 11) is 0. The number of aryl methyl sites for hydroxylation is 2. The molecule has 0 fully saturated rings. The summed E-state index contributed by atoms with van der Waals surface area (Å²) in [4.78, 5) is 0. The Kier molecular flexibility index (Phi) is 4.75. The predicted molar refractivity (Wildman–Crippen MR) is 59.6 cm³/mol. The molecule has 0 aliphatic heterocycles. The van der Waals surface area contributed by atoms with Crippen LogP contribution in [0.1, 0.15) is 31.7 Å². The van der Waals surface area contributed by atoms with Crippen LogP contribution >= 0.6 is 0 Å². The fraction of sp³-hybridized carbons (Fsp3) is 0.727. The van der Waals surface area contributed by atoms with Crippen LogP contribution in [0, 0.1) is 0 Å². The SMILES string of the molecule is CCc1cc(CC(F)CCN)n(CC)n1. The van der Waals surface area contributed by atoms with Gasteiger partial charge in [0.2, 0.25) is 0 Å². The maximum absolute atomic E-state index is 13.4. The topological polar surface area (TPSA) is 43.8 Å². The zero-order valence-electron chi connectivity index (χ0n) is 9.54. The lowest BCUT2D eigenvalue weighted by molar-refractivity contribution is 0.310. The van der Waals surface area contributed by atoms with E-state index in [-0.39, 0.29) is 0 Å². The molecule has 0 bridgehead atoms. The number of hydrogen-bond donors (Lipinski definition) is 1. The average Bonchev–Trinajstić information content (AvgIpc) is 2.60. The van der Waals surface area contributed by atoms with Gasteiger partial charge < -0.3 is 5.73 Å². The van der Waals surface area contributed by atoms with E-state index in [0.717, 1.165) is 24.4 Å². The molecule has 86 valence electrons. The Morgan fingerprint density at radius 3 is 2.80 bits per heavy atom. The molecule has 0 saturated carbocycles. The standard InChI is InChI=1S/C11H20FN3/c1-3-10-8-11(15(4-2)14-10)7-9(12)5-6-13/h8-9H,3-7,13H2,1-2H3. The summed E-state index contributed by atoms with van der Waals surface area (Å²) in [6.45, 7) is 5.28. The third kappa shape index (κ3) is 3.30. The number of alkyl halides is 1. The first-order chi connectivity index (χ1) is 7.21. The van der Waals surface area contributed by atoms with E-state index in [1.54, 1.807) is 0 Å². The molecule has 0 amide bonds. The lowest BCUT2D eigenvalue weighted by atomic mass is 10.1. The lowest BCUT2D eigenvalue weighted by Gasteiger charge is -2.07. The molecule has 0 aromatic carbocycles. The number of rotatable bonds is 6. The molecule has 1 rings (SSSR count). The molecular weight excluding hydrogens is 193 g/mol. The first kappa shape index (κ1) is 12.2. The van der Waals surface area contributed by atoms with Crippen LogP contribution in [0.5, 0.6) is 0 Å². The van der Waals surface area contributed by atoms with E-state index < -0.39 is 6.17 Å². The van der Waals surface area contributed by atoms with Gasteiger partial charge in [0.25, 0.3) is 0 Å². The summed E-state index contributed by atoms with van der Waals surface area (Å²) in [6, 6.07) is 1.99. The highest BCUT2D eigenvalue weighted by molar-refractivity contribution is 5.11. The Balaban J connectivity index is 2.69. The summed E-state index contributed by atoms with van der Waals surface area (Å²) in [5.74, 6) is 0. The smallest absolute Gasteiger partial charge is 0.107 e. The predicted octanol–water partition coefficient (Wildman–Crippen LogP) is 1.69. The van der Waals surface area contributed by atoms with Crippen molar-refractivity contribution in [2.24, 2.45) is 5.73 Å². The van der Waals surface area contributed by atoms with Gasteiger partial charge in [0, 0.05) is 18.7 Å². The van der Waals surface area contributed by atoms with Crippen molar-refractivity contribution >= 4 is 0 Å². The maximum atomic E-state index is 13.4. The average molecular weight is 213 g/mol. The normalized spacial score (nSPS) is 13.1. The largest absolute Gasteiger partial charge is 0.330 e. The van der Waals surface area contributed by atoms with Crippen LogP contribution in [-0.4, -0.2) is 22.5 Å². The third-order valence-electron chi connectivity index (χ3n) is 2.49. The fourth-order valence-corrected chi connectivity index (χ4v) is 1.64. The van der Waals surface area contributed by atoms with Gasteiger partial charge in [-0.2, -0.15) is 5.10 Å². The summed E-state index contributed by atoms with van der Waals surface area (Å²) in [5.41, 5.74) is 7.34. The zero-order chi connectivity index (χ0) is 11.3. The van der Waals surface area contributed by atoms with Gasteiger partial charge in [-0.05, 0) is 32.4 Å². The molecule has 0 spiro atoms. The fourth-order valence-electron chi connectivity index (χ4n) is 1.64. The number of aromatic nitrogens is 2. The maximum Gasteiger partial charge on any atom is 0.107 e. The van der Waals surface area contributed by atoms with E-state index in [2.05, 4.69) is 12.0 Å². The van der Waals surface area contributed by atoms with Gasteiger partial charge in [-0.1, -0.05) is 6.92 Å². The number of hydrogen-bond acceptors (Lipinski definition) is 2. The molecule has 1 heterocycles. The van der Waals surface area contributed by atoms with Crippen molar-refractivity contribution in [3.63, 3.8) is 0 Å². The summed E-state index contributed by atoms with van der Waals surface area (Å²) in [6.07, 6.45) is 0.907. The van der Waals surface area contributed by atoms with Gasteiger partial charge in [-0.3, -0.25) is 4.68 Å². The Morgan fingerprint density at radius 1 is 1.53 bits per heavy atom. The van der Waals surface area contributed by atoms with Gasteiger partial charge in [0.1, 0.15) is 6.17 Å². The van der Waals surface area contributed by atoms with Gasteiger partial charge >= 0.3 is 0 Å². The van der Waals surface area contributed by atoms with Gasteiger partial charge in [-0.25, -0.2) is 4.39 Å². The van der Waals surface area contributed by atoms with Crippen molar-refractivity contribution in [3.05, 3.63) is 17.5 Å². The van der Waals surface area contributed by atoms with Crippen molar-refractivity contribution in [3.8, 4) is 0 Å². The second kappa shape index (κ2) is 5.85. The summed E-state index contributed by atoms with van der Waals surface area (Å²) in [5, 5.41) is 4.38. The first-order valence-corrected chi connectivity index (χ1v) is 5.61. The molecule has 0 radical (unpaired) electrons. The van der Waals surface area contributed by atoms with Crippen LogP contribution in [0.3, 0.4) is 0 Å². The Morgan fingerprint density at radius 2 is 2.27 bits per heavy atom. The third-order valence-corrected chi connectivity index (χ3v) is 2.49. The summed E-state index contributed by atoms with van der Waals surface area (Å²) >= 11 is 0. The van der Waals surface area contributed by atoms with Crippen molar-refractivity contribution in [2.75, 3.05) is 6.54 Å². The van der Waals surface area contributed by atoms with Crippen LogP contribution in [-0.2, 0) is 19.4 Å². The molecule has 0 saturated heterocycles. The van der Waals surface area contributed by atoms with Crippen molar-refractivity contribution in [1.82, 2.24) is 9.78 Å². The highest BCUT2D eigenvalue weighted by atomic mass is 19.1. The first-order valence-electron chi connectivity index (χ1n) is 5.61. The lowest BCUT2D eigenvalue weighted by Crippen LogP contribution is -2.14. The number of halogens is 1. The van der Waals surface area contributed by atoms with Crippen LogP contribution in [0.25, 0.3) is 0 Å². The van der Waals surface area contributed by atoms with E-state index in [0.29, 0.717) is 19.4 Å². The molecule has 15 heavy (non-hydrogen) atoms. The van der Waals surface area contributed by atoms with E-state index in [9.17, 15) is 4.39 Å². The second-order valence-corrected chi connectivity index (χ2v) is 3.68. The Labute approximate surface area is 90.5 Å². The van der Waals surface area contributed by atoms with Crippen molar-refractivity contribution < 1.29 is 4.39 Å². The molecule has 0 aliphatic rings. The molecule has 4 heteroatoms. The summed E-state index contributed by atoms with van der Waals surface area (Å²) < 4.78 is 15.3. The van der Waals surface area contributed by atoms with Gasteiger partial charge in [0.15, 0.2) is 0 Å². The molecule has 1 aromatic heterocycles. The van der Waals surface area contributed by atoms with Crippen LogP contribution in [0.4, 0.5) is 4.39 Å². The number of nitrogens with two attached hydrogens (primary N) is 1. The molecule has 0 aliphatic carbocycles. The van der Waals surface area contributed by atoms with Crippen LogP contribution in [0.2, 0.25) is 0 Å². The quantitative estimate of drug-likeness (QED) is 0.781. The minimum atomic E-state index is -0.846. The highest BCUT2D eigenvalue weighted by Crippen LogP contribution is 2.11. The molecular formula is C11H20FN3. The monoisotopic (exact) mass is 213 g/mol. The van der Waals surface area contributed by atoms with E-state index in [4.69, 9.17) is 5.73 Å². The molecule has 2 N–H and O–H groups in total. The molecule has 1 unspecified atom stereocenters. The van der Waals surface area contributed by atoms with Crippen LogP contribution < -0.4 is 5.73 Å². The Hall–Kier alpha value is -0.900. The van der Waals surface area contributed by atoms with Crippen molar-refractivity contribution in [2.45, 2.75) is 45.8 Å². The van der Waals surface area contributed by atoms with Gasteiger partial charge in [-0.15, -0.1) is 0 Å². The van der Waals surface area contributed by atoms with Crippen LogP contribution in [0.15, 0.2) is 6.07 Å². The minimum absolute atomic E-state index is 0.405. The van der Waals surface area contributed by atoms with Gasteiger partial charge in [0.05, 0.1) is 5.69 Å². The number of nitrogens with zero attached hydrogens (tertiary/aromatic N) is 2. The van der Waals surface area contributed by atoms with E-state index in [1.807, 2.05) is 17.7 Å². The highest BCUT2D eigenvalue weighted by Gasteiger charge is 2.12. The molecule has 1 atom stereocenters. The Bertz CT molecular complexity index is 296.